The number of ketones is 1. The minimum absolute atomic E-state index is 0.0893. The molecule has 0 radical (unpaired) electrons. The molecule has 0 spiro atoms. The van der Waals surface area contributed by atoms with Crippen molar-refractivity contribution in [3.05, 3.63) is 59.7 Å². The quantitative estimate of drug-likeness (QED) is 0.556. The van der Waals surface area contributed by atoms with Crippen molar-refractivity contribution in [1.82, 2.24) is 10.6 Å². The van der Waals surface area contributed by atoms with Gasteiger partial charge in [-0.1, -0.05) is 67.6 Å². The summed E-state index contributed by atoms with van der Waals surface area (Å²) < 4.78 is 5.23. The summed E-state index contributed by atoms with van der Waals surface area (Å²) in [5.74, 6) is -0.225. The maximum atomic E-state index is 13.4. The van der Waals surface area contributed by atoms with Gasteiger partial charge in [0.05, 0.1) is 15.2 Å². The zero-order valence-corrected chi connectivity index (χ0v) is 20.9. The fourth-order valence-electron chi connectivity index (χ4n) is 3.99. The summed E-state index contributed by atoms with van der Waals surface area (Å²) in [4.78, 5) is 38.0. The van der Waals surface area contributed by atoms with Crippen LogP contribution in [0.2, 0.25) is 19.1 Å². The summed E-state index contributed by atoms with van der Waals surface area (Å²) in [5.41, 5.74) is 1.63. The molecule has 0 aliphatic carbocycles. The van der Waals surface area contributed by atoms with Gasteiger partial charge >= 0.3 is 0 Å². The number of Topliss-reactive ketones (excluding diaryl/α,β-unsaturated/α-hetero) is 1. The van der Waals surface area contributed by atoms with E-state index in [1.807, 2.05) is 12.1 Å². The molecule has 6 nitrogen and oxygen atoms in total. The number of ether oxygens (including phenoxy) is 1. The van der Waals surface area contributed by atoms with Gasteiger partial charge in [-0.25, -0.2) is 0 Å². The van der Waals surface area contributed by atoms with Crippen LogP contribution in [0.3, 0.4) is 0 Å². The molecule has 1 saturated heterocycles. The fraction of sp³-hybridized carbons (Fsp3) is 0.423. The molecule has 0 aromatic heterocycles. The summed E-state index contributed by atoms with van der Waals surface area (Å²) >= 11 is 0. The van der Waals surface area contributed by atoms with Gasteiger partial charge in [0.1, 0.15) is 11.8 Å². The first kappa shape index (κ1) is 24.7. The Morgan fingerprint density at radius 3 is 2.36 bits per heavy atom. The van der Waals surface area contributed by atoms with Crippen molar-refractivity contribution in [2.24, 2.45) is 5.92 Å². The summed E-state index contributed by atoms with van der Waals surface area (Å²) in [6, 6.07) is 15.9. The zero-order valence-electron chi connectivity index (χ0n) is 19.9. The van der Waals surface area contributed by atoms with E-state index in [0.29, 0.717) is 24.3 Å². The molecule has 3 rings (SSSR count). The van der Waals surface area contributed by atoms with E-state index in [1.54, 1.807) is 31.4 Å². The lowest BCUT2D eigenvalue weighted by Gasteiger charge is -2.25. The molecule has 2 aromatic carbocycles. The van der Waals surface area contributed by atoms with Gasteiger partial charge in [0, 0.05) is 25.3 Å². The van der Waals surface area contributed by atoms with Gasteiger partial charge in [0.15, 0.2) is 5.78 Å². The van der Waals surface area contributed by atoms with Gasteiger partial charge in [-0.2, -0.15) is 0 Å². The number of amides is 2. The first-order valence-electron chi connectivity index (χ1n) is 11.6. The van der Waals surface area contributed by atoms with E-state index in [2.05, 4.69) is 42.8 Å². The predicted molar refractivity (Wildman–Crippen MR) is 132 cm³/mol. The lowest BCUT2D eigenvalue weighted by Crippen LogP contribution is -2.44. The van der Waals surface area contributed by atoms with Crippen molar-refractivity contribution < 1.29 is 19.1 Å². The average molecular weight is 467 g/mol. The van der Waals surface area contributed by atoms with Crippen molar-refractivity contribution in [2.75, 3.05) is 13.7 Å². The van der Waals surface area contributed by atoms with Crippen LogP contribution < -0.4 is 20.6 Å². The Bertz CT molecular complexity index is 986. The Hall–Kier alpha value is -2.93. The highest BCUT2D eigenvalue weighted by Crippen LogP contribution is 2.22. The maximum Gasteiger partial charge on any atom is 0.224 e. The number of methoxy groups -OCH3 is 1. The number of carbonyl (C=O) groups excluding carboxylic acids is 3. The molecule has 7 heteroatoms. The van der Waals surface area contributed by atoms with Crippen LogP contribution in [0, 0.1) is 5.92 Å². The predicted octanol–water partition coefficient (Wildman–Crippen LogP) is 3.13. The molecule has 2 amide bonds. The summed E-state index contributed by atoms with van der Waals surface area (Å²) in [6.07, 6.45) is 0.935. The summed E-state index contributed by atoms with van der Waals surface area (Å²) in [7, 11) is 0.150. The van der Waals surface area contributed by atoms with Crippen molar-refractivity contribution in [2.45, 2.75) is 51.4 Å². The Labute approximate surface area is 197 Å². The first-order valence-corrected chi connectivity index (χ1v) is 14.8. The van der Waals surface area contributed by atoms with Gasteiger partial charge < -0.3 is 15.4 Å². The standard InChI is InChI=1S/C26H34N2O4Si/c1-5-33(3,4)22-12-6-18(7-13-22)16-23(29)25(19-8-10-21(32-2)11-9-19)28-26(31)20-14-15-27-24(30)17-20/h6-13,20,25H,5,14-17H2,1-4H3,(H,27,30)(H,28,31). The number of carbonyl (C=O) groups is 3. The zero-order chi connectivity index (χ0) is 24.0. The summed E-state index contributed by atoms with van der Waals surface area (Å²) in [6.45, 7) is 7.38. The number of hydrogen-bond acceptors (Lipinski definition) is 4. The van der Waals surface area contributed by atoms with Crippen LogP contribution in [0.25, 0.3) is 0 Å². The Morgan fingerprint density at radius 2 is 1.79 bits per heavy atom. The lowest BCUT2D eigenvalue weighted by atomic mass is 9.93. The molecule has 1 aliphatic heterocycles. The highest BCUT2D eigenvalue weighted by molar-refractivity contribution is 6.89. The normalized spacial score (nSPS) is 17.1. The Morgan fingerprint density at radius 1 is 1.12 bits per heavy atom. The molecule has 2 atom stereocenters. The lowest BCUT2D eigenvalue weighted by molar-refractivity contribution is -0.134. The fourth-order valence-corrected chi connectivity index (χ4v) is 5.47. The second-order valence-electron chi connectivity index (χ2n) is 9.33. The number of hydrogen-bond donors (Lipinski definition) is 2. The highest BCUT2D eigenvalue weighted by atomic mass is 28.3. The van der Waals surface area contributed by atoms with Gasteiger partial charge in [-0.3, -0.25) is 14.4 Å². The third kappa shape index (κ3) is 6.32. The van der Waals surface area contributed by atoms with Gasteiger partial charge in [0.2, 0.25) is 11.8 Å². The number of rotatable bonds is 9. The van der Waals surface area contributed by atoms with Crippen molar-refractivity contribution in [3.63, 3.8) is 0 Å². The molecule has 0 bridgehead atoms. The Kier molecular flexibility index (Phi) is 8.08. The van der Waals surface area contributed by atoms with Crippen LogP contribution in [0.4, 0.5) is 0 Å². The van der Waals surface area contributed by atoms with Gasteiger partial charge in [0.25, 0.3) is 0 Å². The van der Waals surface area contributed by atoms with Crippen LogP contribution in [-0.4, -0.2) is 39.3 Å². The maximum absolute atomic E-state index is 13.4. The second-order valence-corrected chi connectivity index (χ2v) is 14.4. The molecule has 33 heavy (non-hydrogen) atoms. The number of benzene rings is 2. The minimum Gasteiger partial charge on any atom is -0.497 e. The third-order valence-electron chi connectivity index (χ3n) is 6.67. The van der Waals surface area contributed by atoms with E-state index in [0.717, 1.165) is 11.6 Å². The first-order chi connectivity index (χ1) is 15.7. The molecule has 1 heterocycles. The van der Waals surface area contributed by atoms with E-state index in [9.17, 15) is 14.4 Å². The second kappa shape index (κ2) is 10.8. The smallest absolute Gasteiger partial charge is 0.224 e. The van der Waals surface area contributed by atoms with Crippen molar-refractivity contribution >= 4 is 30.9 Å². The average Bonchev–Trinajstić information content (AvgIpc) is 2.82. The van der Waals surface area contributed by atoms with Crippen molar-refractivity contribution in [3.8, 4) is 5.75 Å². The summed E-state index contributed by atoms with van der Waals surface area (Å²) in [5, 5.41) is 7.04. The number of nitrogens with one attached hydrogen (secondary N) is 2. The number of piperidine rings is 1. The SMILES string of the molecule is CC[Si](C)(C)c1ccc(CC(=O)C(NC(=O)C2CCNC(=O)C2)c2ccc(OC)cc2)cc1. The molecule has 176 valence electrons. The van der Waals surface area contributed by atoms with Crippen LogP contribution in [-0.2, 0) is 20.8 Å². The molecule has 2 aromatic rings. The third-order valence-corrected chi connectivity index (χ3v) is 10.3. The molecule has 1 fully saturated rings. The largest absolute Gasteiger partial charge is 0.497 e. The monoisotopic (exact) mass is 466 g/mol. The molecular weight excluding hydrogens is 432 g/mol. The van der Waals surface area contributed by atoms with Crippen molar-refractivity contribution in [1.29, 1.82) is 0 Å². The van der Waals surface area contributed by atoms with E-state index in [4.69, 9.17) is 4.74 Å². The molecule has 2 unspecified atom stereocenters. The molecular formula is C26H34N2O4Si. The molecule has 2 N–H and O–H groups in total. The van der Waals surface area contributed by atoms with Gasteiger partial charge in [-0.05, 0) is 29.7 Å². The van der Waals surface area contributed by atoms with Gasteiger partial charge in [-0.15, -0.1) is 0 Å². The van der Waals surface area contributed by atoms with Crippen LogP contribution in [0.5, 0.6) is 5.75 Å². The van der Waals surface area contributed by atoms with Crippen LogP contribution in [0.15, 0.2) is 48.5 Å². The van der Waals surface area contributed by atoms with Crippen LogP contribution in [0.1, 0.15) is 36.9 Å². The topological polar surface area (TPSA) is 84.5 Å². The van der Waals surface area contributed by atoms with Crippen LogP contribution >= 0.6 is 0 Å². The molecule has 1 aliphatic rings. The Balaban J connectivity index is 1.79. The highest BCUT2D eigenvalue weighted by Gasteiger charge is 2.30. The molecule has 0 saturated carbocycles. The van der Waals surface area contributed by atoms with E-state index in [1.165, 1.54) is 5.19 Å². The minimum atomic E-state index is -1.43. The van der Waals surface area contributed by atoms with E-state index < -0.39 is 20.0 Å². The van der Waals surface area contributed by atoms with E-state index >= 15 is 0 Å². The van der Waals surface area contributed by atoms with E-state index in [-0.39, 0.29) is 30.4 Å².